The van der Waals surface area contributed by atoms with Crippen LogP contribution in [0.25, 0.3) is 11.0 Å². The highest BCUT2D eigenvalue weighted by Crippen LogP contribution is 2.41. The van der Waals surface area contributed by atoms with Crippen LogP contribution in [0.3, 0.4) is 0 Å². The number of likely N-dealkylation sites (N-methyl/N-ethyl adjacent to an activating group) is 1. The molecule has 0 bridgehead atoms. The van der Waals surface area contributed by atoms with Gasteiger partial charge in [-0.3, -0.25) is 4.79 Å². The molecule has 6 heteroatoms. The molecule has 0 spiro atoms. The summed E-state index contributed by atoms with van der Waals surface area (Å²) in [5.41, 5.74) is 4.29. The van der Waals surface area contributed by atoms with Gasteiger partial charge in [-0.15, -0.1) is 0 Å². The van der Waals surface area contributed by atoms with Gasteiger partial charge in [0.05, 0.1) is 28.7 Å². The zero-order chi connectivity index (χ0) is 22.3. The zero-order valence-electron chi connectivity index (χ0n) is 19.4. The van der Waals surface area contributed by atoms with Crippen LogP contribution in [-0.2, 0) is 5.54 Å². The predicted molar refractivity (Wildman–Crippen MR) is 123 cm³/mol. The highest BCUT2D eigenvalue weighted by atomic mass is 16.5. The maximum atomic E-state index is 13.5. The number of hydrogen-bond donors (Lipinski definition) is 0. The number of benzene rings is 1. The van der Waals surface area contributed by atoms with Gasteiger partial charge in [0, 0.05) is 18.7 Å². The van der Waals surface area contributed by atoms with E-state index in [1.807, 2.05) is 55.9 Å². The zero-order valence-corrected chi connectivity index (χ0v) is 19.4. The van der Waals surface area contributed by atoms with Crippen molar-refractivity contribution in [2.24, 2.45) is 0 Å². The fourth-order valence-electron chi connectivity index (χ4n) is 3.85. The Balaban J connectivity index is 1.61. The van der Waals surface area contributed by atoms with E-state index in [4.69, 9.17) is 14.8 Å². The molecular weight excluding hydrogens is 388 g/mol. The van der Waals surface area contributed by atoms with Crippen LogP contribution in [-0.4, -0.2) is 45.8 Å². The first-order valence-electron chi connectivity index (χ1n) is 11.0. The molecule has 164 valence electrons. The maximum Gasteiger partial charge on any atom is 0.254 e. The minimum atomic E-state index is -0.213. The van der Waals surface area contributed by atoms with Crippen molar-refractivity contribution in [1.29, 1.82) is 0 Å². The molecule has 2 heterocycles. The lowest BCUT2D eigenvalue weighted by Crippen LogP contribution is -2.31. The number of rotatable bonds is 6. The molecule has 6 nitrogen and oxygen atoms in total. The van der Waals surface area contributed by atoms with Crippen molar-refractivity contribution in [3.63, 3.8) is 0 Å². The van der Waals surface area contributed by atoms with Crippen molar-refractivity contribution < 1.29 is 9.53 Å². The van der Waals surface area contributed by atoms with Crippen LogP contribution < -0.4 is 4.74 Å². The van der Waals surface area contributed by atoms with Crippen LogP contribution in [0.15, 0.2) is 30.3 Å². The van der Waals surface area contributed by atoms with Gasteiger partial charge in [0.15, 0.2) is 5.65 Å². The summed E-state index contributed by atoms with van der Waals surface area (Å²) in [7, 11) is 1.83. The Kier molecular flexibility index (Phi) is 5.50. The number of carbonyl (C=O) groups is 1. The van der Waals surface area contributed by atoms with E-state index in [9.17, 15) is 4.79 Å². The van der Waals surface area contributed by atoms with Crippen LogP contribution in [0, 0.1) is 13.8 Å². The van der Waals surface area contributed by atoms with E-state index in [0.717, 1.165) is 46.6 Å². The quantitative estimate of drug-likeness (QED) is 0.573. The van der Waals surface area contributed by atoms with Crippen molar-refractivity contribution in [2.45, 2.75) is 58.9 Å². The molecule has 1 amide bonds. The minimum Gasteiger partial charge on any atom is -0.492 e. The number of fused-ring (bicyclic) bond motifs is 1. The first-order valence-corrected chi connectivity index (χ1v) is 11.0. The number of hydrogen-bond acceptors (Lipinski definition) is 4. The first kappa shape index (κ1) is 21.3. The number of ether oxygens (including phenoxy) is 1. The molecule has 0 N–H and O–H groups in total. The number of pyridine rings is 1. The lowest BCUT2D eigenvalue weighted by atomic mass is 10.1. The van der Waals surface area contributed by atoms with Crippen molar-refractivity contribution in [3.8, 4) is 5.75 Å². The van der Waals surface area contributed by atoms with Gasteiger partial charge in [-0.2, -0.15) is 5.10 Å². The number of amides is 1. The van der Waals surface area contributed by atoms with Crippen LogP contribution in [0.4, 0.5) is 0 Å². The summed E-state index contributed by atoms with van der Waals surface area (Å²) in [6, 6.07) is 9.94. The second-order valence-electron chi connectivity index (χ2n) is 9.63. The van der Waals surface area contributed by atoms with Crippen molar-refractivity contribution >= 4 is 16.9 Å². The summed E-state index contributed by atoms with van der Waals surface area (Å²) < 4.78 is 7.81. The third-order valence-corrected chi connectivity index (χ3v) is 5.73. The van der Waals surface area contributed by atoms with E-state index >= 15 is 0 Å². The second kappa shape index (κ2) is 7.98. The topological polar surface area (TPSA) is 60.2 Å². The van der Waals surface area contributed by atoms with Gasteiger partial charge < -0.3 is 9.64 Å². The lowest BCUT2D eigenvalue weighted by Gasteiger charge is -2.21. The molecule has 0 atom stereocenters. The third kappa shape index (κ3) is 4.43. The highest BCUT2D eigenvalue weighted by molar-refractivity contribution is 6.06. The second-order valence-corrected chi connectivity index (χ2v) is 9.63. The number of aryl methyl sites for hydroxylation is 2. The Labute approximate surface area is 184 Å². The van der Waals surface area contributed by atoms with E-state index in [-0.39, 0.29) is 11.4 Å². The van der Waals surface area contributed by atoms with E-state index in [2.05, 4.69) is 20.8 Å². The number of carbonyl (C=O) groups excluding carboxylic acids is 1. The summed E-state index contributed by atoms with van der Waals surface area (Å²) >= 11 is 0. The summed E-state index contributed by atoms with van der Waals surface area (Å²) in [6.07, 6.45) is 2.27. The standard InChI is InChI=1S/C25H32N4O2/c1-16-8-7-9-19(14-16)31-13-12-28(6)24(30)20-15-21(18-10-11-18)26-23-22(20)17(2)27-29(23)25(3,4)5/h7-9,14-15,18H,10-13H2,1-6H3. The third-order valence-electron chi connectivity index (χ3n) is 5.73. The molecule has 2 aromatic heterocycles. The summed E-state index contributed by atoms with van der Waals surface area (Å²) in [5.74, 6) is 1.26. The molecule has 0 aliphatic heterocycles. The number of aromatic nitrogens is 3. The Morgan fingerprint density at radius 3 is 2.61 bits per heavy atom. The number of nitrogens with zero attached hydrogens (tertiary/aromatic N) is 4. The summed E-state index contributed by atoms with van der Waals surface area (Å²) in [6.45, 7) is 11.3. The Morgan fingerprint density at radius 2 is 1.97 bits per heavy atom. The van der Waals surface area contributed by atoms with Gasteiger partial charge in [0.25, 0.3) is 5.91 Å². The molecule has 0 saturated heterocycles. The Morgan fingerprint density at radius 1 is 1.23 bits per heavy atom. The first-order chi connectivity index (χ1) is 14.6. The molecule has 0 radical (unpaired) electrons. The van der Waals surface area contributed by atoms with Gasteiger partial charge in [-0.25, -0.2) is 9.67 Å². The molecule has 1 aliphatic rings. The molecule has 31 heavy (non-hydrogen) atoms. The Hall–Kier alpha value is -2.89. The van der Waals surface area contributed by atoms with Crippen LogP contribution in [0.1, 0.15) is 66.8 Å². The van der Waals surface area contributed by atoms with Gasteiger partial charge in [0.1, 0.15) is 12.4 Å². The lowest BCUT2D eigenvalue weighted by molar-refractivity contribution is 0.0775. The smallest absolute Gasteiger partial charge is 0.254 e. The fourth-order valence-corrected chi connectivity index (χ4v) is 3.85. The predicted octanol–water partition coefficient (Wildman–Crippen LogP) is 4.83. The SMILES string of the molecule is Cc1cccc(OCCN(C)C(=O)c2cc(C3CC3)nc3c2c(C)nn3C(C)(C)C)c1. The summed E-state index contributed by atoms with van der Waals surface area (Å²) in [5, 5.41) is 5.61. The van der Waals surface area contributed by atoms with Gasteiger partial charge in [-0.05, 0) is 71.2 Å². The van der Waals surface area contributed by atoms with E-state index in [1.54, 1.807) is 4.90 Å². The molecule has 1 aromatic carbocycles. The van der Waals surface area contributed by atoms with Crippen LogP contribution >= 0.6 is 0 Å². The van der Waals surface area contributed by atoms with E-state index < -0.39 is 0 Å². The van der Waals surface area contributed by atoms with Crippen molar-refractivity contribution in [3.05, 3.63) is 52.8 Å². The fraction of sp³-hybridized carbons (Fsp3) is 0.480. The van der Waals surface area contributed by atoms with Gasteiger partial charge >= 0.3 is 0 Å². The molecule has 1 fully saturated rings. The average Bonchev–Trinajstić information content (AvgIpc) is 3.49. The maximum absolute atomic E-state index is 13.5. The van der Waals surface area contributed by atoms with Crippen LogP contribution in [0.2, 0.25) is 0 Å². The largest absolute Gasteiger partial charge is 0.492 e. The molecule has 1 aliphatic carbocycles. The van der Waals surface area contributed by atoms with Crippen LogP contribution in [0.5, 0.6) is 5.75 Å². The van der Waals surface area contributed by atoms with Gasteiger partial charge in [0.2, 0.25) is 0 Å². The Bertz CT molecular complexity index is 1120. The van der Waals surface area contributed by atoms with Crippen molar-refractivity contribution in [1.82, 2.24) is 19.7 Å². The van der Waals surface area contributed by atoms with E-state index in [0.29, 0.717) is 24.6 Å². The molecule has 1 saturated carbocycles. The molecule has 3 aromatic rings. The molecule has 0 unspecified atom stereocenters. The highest BCUT2D eigenvalue weighted by Gasteiger charge is 2.31. The molecular formula is C25H32N4O2. The van der Waals surface area contributed by atoms with E-state index in [1.165, 1.54) is 0 Å². The minimum absolute atomic E-state index is 0.0151. The molecule has 4 rings (SSSR count). The van der Waals surface area contributed by atoms with Crippen molar-refractivity contribution in [2.75, 3.05) is 20.2 Å². The normalized spacial score (nSPS) is 14.1. The van der Waals surface area contributed by atoms with Gasteiger partial charge in [-0.1, -0.05) is 12.1 Å². The monoisotopic (exact) mass is 420 g/mol. The average molecular weight is 421 g/mol. The summed E-state index contributed by atoms with van der Waals surface area (Å²) in [4.78, 5) is 20.1.